The Kier molecular flexibility index (Phi) is 4.56. The Labute approximate surface area is 119 Å². The van der Waals surface area contributed by atoms with E-state index in [1.54, 1.807) is 26.1 Å². The highest BCUT2D eigenvalue weighted by Gasteiger charge is 2.29. The van der Waals surface area contributed by atoms with Gasteiger partial charge in [0, 0.05) is 32.4 Å². The molecule has 7 nitrogen and oxygen atoms in total. The first-order valence-electron chi connectivity index (χ1n) is 6.62. The summed E-state index contributed by atoms with van der Waals surface area (Å²) in [6.45, 7) is 5.29. The minimum Gasteiger partial charge on any atom is -0.388 e. The van der Waals surface area contributed by atoms with Crippen LogP contribution in [0.15, 0.2) is 12.3 Å². The van der Waals surface area contributed by atoms with E-state index < -0.39 is 15.3 Å². The summed E-state index contributed by atoms with van der Waals surface area (Å²) in [5, 5.41) is 8.64. The van der Waals surface area contributed by atoms with Crippen LogP contribution in [0.25, 0.3) is 0 Å². The molecule has 0 bridgehead atoms. The molecule has 0 saturated carbocycles. The molecular weight excluding hydrogens is 280 g/mol. The average molecular weight is 300 g/mol. The van der Waals surface area contributed by atoms with Crippen LogP contribution in [0, 0.1) is 0 Å². The third-order valence-corrected chi connectivity index (χ3v) is 5.63. The lowest BCUT2D eigenvalue weighted by molar-refractivity contribution is 0.271. The number of aliphatic hydroxyl groups is 1. The van der Waals surface area contributed by atoms with Gasteiger partial charge in [-0.1, -0.05) is 0 Å². The number of rotatable bonds is 4. The first kappa shape index (κ1) is 15.1. The molecular formula is C12H20N4O3S. The summed E-state index contributed by atoms with van der Waals surface area (Å²) in [6.07, 6.45) is 1.60. The zero-order chi connectivity index (χ0) is 14.8. The fourth-order valence-electron chi connectivity index (χ4n) is 2.11. The molecule has 2 rings (SSSR count). The molecule has 1 aromatic heterocycles. The summed E-state index contributed by atoms with van der Waals surface area (Å²) in [5.41, 5.74) is 0. The van der Waals surface area contributed by atoms with Crippen LogP contribution in [0.2, 0.25) is 0 Å². The normalized spacial score (nSPS) is 17.7. The van der Waals surface area contributed by atoms with Crippen LogP contribution in [0.1, 0.15) is 19.7 Å². The first-order valence-corrected chi connectivity index (χ1v) is 8.12. The molecule has 0 unspecified atom stereocenters. The van der Waals surface area contributed by atoms with E-state index in [-0.39, 0.29) is 6.61 Å². The fourth-order valence-corrected chi connectivity index (χ4v) is 3.38. The van der Waals surface area contributed by atoms with Crippen molar-refractivity contribution in [3.63, 3.8) is 0 Å². The summed E-state index contributed by atoms with van der Waals surface area (Å²) in [7, 11) is -3.18. The Bertz CT molecular complexity index is 554. The molecule has 0 atom stereocenters. The molecule has 2 heterocycles. The van der Waals surface area contributed by atoms with Gasteiger partial charge in [-0.05, 0) is 19.9 Å². The van der Waals surface area contributed by atoms with Gasteiger partial charge in [0.1, 0.15) is 12.4 Å². The summed E-state index contributed by atoms with van der Waals surface area (Å²) in [5.74, 6) is 1.10. The lowest BCUT2D eigenvalue weighted by atomic mass is 10.3. The topological polar surface area (TPSA) is 86.6 Å². The minimum absolute atomic E-state index is 0.199. The van der Waals surface area contributed by atoms with E-state index in [1.807, 2.05) is 4.90 Å². The van der Waals surface area contributed by atoms with Crippen molar-refractivity contribution in [3.05, 3.63) is 18.1 Å². The van der Waals surface area contributed by atoms with Crippen molar-refractivity contribution < 1.29 is 13.5 Å². The van der Waals surface area contributed by atoms with Crippen molar-refractivity contribution in [3.8, 4) is 0 Å². The molecule has 1 aromatic rings. The smallest absolute Gasteiger partial charge is 0.216 e. The molecule has 0 aromatic carbocycles. The van der Waals surface area contributed by atoms with Crippen molar-refractivity contribution in [2.24, 2.45) is 0 Å². The first-order chi connectivity index (χ1) is 9.45. The minimum atomic E-state index is -3.18. The Morgan fingerprint density at radius 2 is 1.95 bits per heavy atom. The molecule has 0 amide bonds. The Morgan fingerprint density at radius 3 is 2.50 bits per heavy atom. The Balaban J connectivity index is 2.04. The van der Waals surface area contributed by atoms with Crippen molar-refractivity contribution in [1.29, 1.82) is 0 Å². The number of aromatic nitrogens is 2. The van der Waals surface area contributed by atoms with Crippen LogP contribution in [0.4, 0.5) is 5.82 Å². The molecule has 1 aliphatic heterocycles. The van der Waals surface area contributed by atoms with E-state index in [9.17, 15) is 8.42 Å². The van der Waals surface area contributed by atoms with E-state index in [0.29, 0.717) is 32.0 Å². The van der Waals surface area contributed by atoms with Gasteiger partial charge in [-0.2, -0.15) is 4.31 Å². The summed E-state index contributed by atoms with van der Waals surface area (Å²) < 4.78 is 25.7. The standard InChI is InChI=1S/C12H20N4O3S/c1-10(2)20(18,19)16-7-5-15(6-8-16)12-3-4-13-11(9-17)14-12/h3-4,10,17H,5-9H2,1-2H3. The van der Waals surface area contributed by atoms with Crippen LogP contribution in [0.5, 0.6) is 0 Å². The molecule has 8 heteroatoms. The van der Waals surface area contributed by atoms with Gasteiger partial charge in [-0.15, -0.1) is 0 Å². The fraction of sp³-hybridized carbons (Fsp3) is 0.667. The maximum Gasteiger partial charge on any atom is 0.216 e. The molecule has 1 N–H and O–H groups in total. The van der Waals surface area contributed by atoms with Crippen LogP contribution < -0.4 is 4.90 Å². The van der Waals surface area contributed by atoms with E-state index in [2.05, 4.69) is 9.97 Å². The van der Waals surface area contributed by atoms with Crippen molar-refractivity contribution in [1.82, 2.24) is 14.3 Å². The number of hydrogen-bond acceptors (Lipinski definition) is 6. The summed E-state index contributed by atoms with van der Waals surface area (Å²) in [4.78, 5) is 10.2. The highest BCUT2D eigenvalue weighted by atomic mass is 32.2. The highest BCUT2D eigenvalue weighted by Crippen LogP contribution is 2.17. The van der Waals surface area contributed by atoms with Crippen molar-refractivity contribution in [2.75, 3.05) is 31.1 Å². The third-order valence-electron chi connectivity index (χ3n) is 3.35. The SMILES string of the molecule is CC(C)S(=O)(=O)N1CCN(c2ccnc(CO)n2)CC1. The second kappa shape index (κ2) is 6.02. The van der Waals surface area contributed by atoms with Crippen molar-refractivity contribution >= 4 is 15.8 Å². The van der Waals surface area contributed by atoms with Crippen molar-refractivity contribution in [2.45, 2.75) is 25.7 Å². The van der Waals surface area contributed by atoms with Crippen LogP contribution in [-0.2, 0) is 16.6 Å². The monoisotopic (exact) mass is 300 g/mol. The zero-order valence-electron chi connectivity index (χ0n) is 11.7. The molecule has 1 saturated heterocycles. The van der Waals surface area contributed by atoms with E-state index in [1.165, 1.54) is 4.31 Å². The van der Waals surface area contributed by atoms with Gasteiger partial charge in [0.25, 0.3) is 0 Å². The number of anilines is 1. The van der Waals surface area contributed by atoms with Gasteiger partial charge >= 0.3 is 0 Å². The zero-order valence-corrected chi connectivity index (χ0v) is 12.5. The predicted molar refractivity (Wildman–Crippen MR) is 75.8 cm³/mol. The number of sulfonamides is 1. The van der Waals surface area contributed by atoms with E-state index in [0.717, 1.165) is 5.82 Å². The van der Waals surface area contributed by atoms with Gasteiger partial charge in [0.2, 0.25) is 10.0 Å². The summed E-state index contributed by atoms with van der Waals surface area (Å²) >= 11 is 0. The van der Waals surface area contributed by atoms with Gasteiger partial charge in [-0.25, -0.2) is 18.4 Å². The van der Waals surface area contributed by atoms with Crippen LogP contribution >= 0.6 is 0 Å². The number of nitrogens with zero attached hydrogens (tertiary/aromatic N) is 4. The lowest BCUT2D eigenvalue weighted by Crippen LogP contribution is -2.50. The molecule has 0 radical (unpaired) electrons. The number of hydrogen-bond donors (Lipinski definition) is 1. The summed E-state index contributed by atoms with van der Waals surface area (Å²) in [6, 6.07) is 1.77. The Hall–Kier alpha value is -1.25. The number of piperazine rings is 1. The molecule has 1 aliphatic rings. The van der Waals surface area contributed by atoms with Gasteiger partial charge in [0.15, 0.2) is 5.82 Å². The third kappa shape index (κ3) is 3.08. The molecule has 0 spiro atoms. The number of aliphatic hydroxyl groups excluding tert-OH is 1. The Morgan fingerprint density at radius 1 is 1.30 bits per heavy atom. The maximum absolute atomic E-state index is 12.1. The molecule has 112 valence electrons. The largest absolute Gasteiger partial charge is 0.388 e. The predicted octanol–water partition coefficient (Wildman–Crippen LogP) is -0.171. The van der Waals surface area contributed by atoms with E-state index >= 15 is 0 Å². The van der Waals surface area contributed by atoms with Gasteiger partial charge in [-0.3, -0.25) is 0 Å². The molecule has 1 fully saturated rings. The molecule has 20 heavy (non-hydrogen) atoms. The van der Waals surface area contributed by atoms with E-state index in [4.69, 9.17) is 5.11 Å². The van der Waals surface area contributed by atoms with Gasteiger partial charge in [0.05, 0.1) is 5.25 Å². The second-order valence-electron chi connectivity index (χ2n) is 4.97. The molecule has 0 aliphatic carbocycles. The van der Waals surface area contributed by atoms with Crippen LogP contribution in [-0.4, -0.2) is 59.2 Å². The maximum atomic E-state index is 12.1. The van der Waals surface area contributed by atoms with Gasteiger partial charge < -0.3 is 10.0 Å². The quantitative estimate of drug-likeness (QED) is 0.831. The average Bonchev–Trinajstić information content (AvgIpc) is 2.47. The lowest BCUT2D eigenvalue weighted by Gasteiger charge is -2.35. The van der Waals surface area contributed by atoms with Crippen LogP contribution in [0.3, 0.4) is 0 Å². The highest BCUT2D eigenvalue weighted by molar-refractivity contribution is 7.89. The second-order valence-corrected chi connectivity index (χ2v) is 7.46.